The van der Waals surface area contributed by atoms with Crippen LogP contribution in [0.15, 0.2) is 0 Å². The third kappa shape index (κ3) is 7.89. The summed E-state index contributed by atoms with van der Waals surface area (Å²) in [6.45, 7) is 10.1. The maximum atomic E-state index is 11.7. The van der Waals surface area contributed by atoms with E-state index in [1.54, 1.807) is 20.8 Å². The van der Waals surface area contributed by atoms with Gasteiger partial charge < -0.3 is 20.5 Å². The van der Waals surface area contributed by atoms with Gasteiger partial charge in [0.25, 0.3) is 0 Å². The van der Waals surface area contributed by atoms with Crippen LogP contribution in [0.2, 0.25) is 0 Å². The van der Waals surface area contributed by atoms with E-state index in [9.17, 15) is 9.59 Å². The summed E-state index contributed by atoms with van der Waals surface area (Å²) in [4.78, 5) is 23.2. The Kier molecular flexibility index (Phi) is 5.60. The summed E-state index contributed by atoms with van der Waals surface area (Å²) < 4.78 is 5.01. The van der Waals surface area contributed by atoms with Gasteiger partial charge in [0.2, 0.25) is 5.91 Å². The Labute approximate surface area is 108 Å². The smallest absolute Gasteiger partial charge is 0.408 e. The van der Waals surface area contributed by atoms with Gasteiger partial charge in [-0.2, -0.15) is 0 Å². The number of rotatable bonds is 3. The van der Waals surface area contributed by atoms with Gasteiger partial charge in [-0.1, -0.05) is 0 Å². The molecule has 0 radical (unpaired) electrons. The Balaban J connectivity index is 4.44. The van der Waals surface area contributed by atoms with Crippen molar-refractivity contribution in [2.75, 3.05) is 6.61 Å². The standard InChI is InChI=1S/C12H24N2O4/c1-11(2,3)14-9(16)8(7-15)13-10(17)18-12(4,5)6/h8,15H,7H2,1-6H3,(H,13,17)(H,14,16)/t8-/m0/s1. The molecule has 0 aliphatic rings. The van der Waals surface area contributed by atoms with Crippen molar-refractivity contribution in [1.82, 2.24) is 10.6 Å². The average Bonchev–Trinajstić information content (AvgIpc) is 2.07. The Morgan fingerprint density at radius 3 is 2.00 bits per heavy atom. The fourth-order valence-electron chi connectivity index (χ4n) is 1.10. The normalized spacial score (nSPS) is 13.7. The lowest BCUT2D eigenvalue weighted by Gasteiger charge is -2.26. The van der Waals surface area contributed by atoms with Gasteiger partial charge in [-0.15, -0.1) is 0 Å². The molecule has 1 atom stereocenters. The SMILES string of the molecule is CC(C)(C)NC(=O)[C@H](CO)NC(=O)OC(C)(C)C. The molecule has 3 N–H and O–H groups in total. The number of alkyl carbamates (subject to hydrolysis) is 1. The monoisotopic (exact) mass is 260 g/mol. The molecule has 0 aliphatic carbocycles. The van der Waals surface area contributed by atoms with Crippen molar-refractivity contribution in [3.05, 3.63) is 0 Å². The van der Waals surface area contributed by atoms with Crippen LogP contribution < -0.4 is 10.6 Å². The van der Waals surface area contributed by atoms with Crippen LogP contribution in [0.1, 0.15) is 41.5 Å². The Hall–Kier alpha value is -1.30. The highest BCUT2D eigenvalue weighted by Gasteiger charge is 2.26. The lowest BCUT2D eigenvalue weighted by molar-refractivity contribution is -0.125. The molecule has 106 valence electrons. The highest BCUT2D eigenvalue weighted by molar-refractivity contribution is 5.86. The van der Waals surface area contributed by atoms with Gasteiger partial charge in [0, 0.05) is 5.54 Å². The van der Waals surface area contributed by atoms with E-state index in [-0.39, 0.29) is 0 Å². The van der Waals surface area contributed by atoms with E-state index in [0.29, 0.717) is 0 Å². The van der Waals surface area contributed by atoms with Crippen molar-refractivity contribution in [1.29, 1.82) is 0 Å². The van der Waals surface area contributed by atoms with Crippen molar-refractivity contribution in [2.45, 2.75) is 58.7 Å². The van der Waals surface area contributed by atoms with E-state index in [1.165, 1.54) is 0 Å². The van der Waals surface area contributed by atoms with Crippen molar-refractivity contribution in [2.24, 2.45) is 0 Å². The molecule has 0 aromatic rings. The van der Waals surface area contributed by atoms with Gasteiger partial charge in [-0.05, 0) is 41.5 Å². The highest BCUT2D eigenvalue weighted by Crippen LogP contribution is 2.07. The fourth-order valence-corrected chi connectivity index (χ4v) is 1.10. The van der Waals surface area contributed by atoms with Crippen LogP contribution in [0.5, 0.6) is 0 Å². The van der Waals surface area contributed by atoms with E-state index < -0.39 is 35.8 Å². The Morgan fingerprint density at radius 2 is 1.67 bits per heavy atom. The summed E-state index contributed by atoms with van der Waals surface area (Å²) in [5, 5.41) is 14.1. The molecule has 0 heterocycles. The number of carbonyl (C=O) groups is 2. The second kappa shape index (κ2) is 6.04. The first-order valence-electron chi connectivity index (χ1n) is 5.87. The van der Waals surface area contributed by atoms with E-state index >= 15 is 0 Å². The van der Waals surface area contributed by atoms with Crippen LogP contribution in [-0.4, -0.2) is 40.9 Å². The zero-order chi connectivity index (χ0) is 14.6. The molecule has 2 amide bonds. The first-order chi connectivity index (χ1) is 7.94. The van der Waals surface area contributed by atoms with Crippen molar-refractivity contribution >= 4 is 12.0 Å². The number of hydrogen-bond acceptors (Lipinski definition) is 4. The minimum Gasteiger partial charge on any atom is -0.444 e. The van der Waals surface area contributed by atoms with E-state index in [1.807, 2.05) is 20.8 Å². The minimum atomic E-state index is -1.01. The summed E-state index contributed by atoms with van der Waals surface area (Å²) in [6.07, 6.45) is -0.731. The molecule has 0 aliphatic heterocycles. The highest BCUT2D eigenvalue weighted by atomic mass is 16.6. The molecule has 0 unspecified atom stereocenters. The Morgan fingerprint density at radius 1 is 1.17 bits per heavy atom. The van der Waals surface area contributed by atoms with Gasteiger partial charge in [-0.3, -0.25) is 4.79 Å². The molecular weight excluding hydrogens is 236 g/mol. The molecule has 18 heavy (non-hydrogen) atoms. The number of carbonyl (C=O) groups excluding carboxylic acids is 2. The molecule has 0 spiro atoms. The molecule has 0 rings (SSSR count). The lowest BCUT2D eigenvalue weighted by atomic mass is 10.1. The third-order valence-corrected chi connectivity index (χ3v) is 1.69. The lowest BCUT2D eigenvalue weighted by Crippen LogP contribution is -2.54. The molecule has 0 fully saturated rings. The van der Waals surface area contributed by atoms with Crippen LogP contribution in [0, 0.1) is 0 Å². The number of nitrogens with one attached hydrogen (secondary N) is 2. The van der Waals surface area contributed by atoms with E-state index in [4.69, 9.17) is 9.84 Å². The molecular formula is C12H24N2O4. The zero-order valence-electron chi connectivity index (χ0n) is 12.0. The number of ether oxygens (including phenoxy) is 1. The molecule has 0 aromatic heterocycles. The van der Waals surface area contributed by atoms with Gasteiger partial charge in [0.1, 0.15) is 11.6 Å². The minimum absolute atomic E-state index is 0.430. The first-order valence-corrected chi connectivity index (χ1v) is 5.87. The number of aliphatic hydroxyl groups excluding tert-OH is 1. The molecule has 0 aromatic carbocycles. The molecule has 0 bridgehead atoms. The first kappa shape index (κ1) is 16.7. The zero-order valence-corrected chi connectivity index (χ0v) is 12.0. The predicted molar refractivity (Wildman–Crippen MR) is 68.1 cm³/mol. The van der Waals surface area contributed by atoms with E-state index in [2.05, 4.69) is 10.6 Å². The van der Waals surface area contributed by atoms with Crippen LogP contribution >= 0.6 is 0 Å². The molecule has 6 heteroatoms. The van der Waals surface area contributed by atoms with Crippen molar-refractivity contribution in [3.63, 3.8) is 0 Å². The number of hydrogen-bond donors (Lipinski definition) is 3. The van der Waals surface area contributed by atoms with Crippen LogP contribution in [0.25, 0.3) is 0 Å². The van der Waals surface area contributed by atoms with Crippen LogP contribution in [0.3, 0.4) is 0 Å². The van der Waals surface area contributed by atoms with Gasteiger partial charge in [0.05, 0.1) is 6.61 Å². The van der Waals surface area contributed by atoms with Crippen molar-refractivity contribution < 1.29 is 19.4 Å². The van der Waals surface area contributed by atoms with Gasteiger partial charge in [0.15, 0.2) is 0 Å². The van der Waals surface area contributed by atoms with Crippen molar-refractivity contribution in [3.8, 4) is 0 Å². The summed E-state index contributed by atoms with van der Waals surface area (Å²) in [5.41, 5.74) is -1.08. The molecule has 0 saturated carbocycles. The average molecular weight is 260 g/mol. The third-order valence-electron chi connectivity index (χ3n) is 1.69. The van der Waals surface area contributed by atoms with Gasteiger partial charge >= 0.3 is 6.09 Å². The second-order valence-electron chi connectivity index (χ2n) is 6.12. The summed E-state index contributed by atoms with van der Waals surface area (Å²) >= 11 is 0. The van der Waals surface area contributed by atoms with Crippen LogP contribution in [0.4, 0.5) is 4.79 Å². The maximum absolute atomic E-state index is 11.7. The Bertz CT molecular complexity index is 302. The van der Waals surface area contributed by atoms with Gasteiger partial charge in [-0.25, -0.2) is 4.79 Å². The fraction of sp³-hybridized carbons (Fsp3) is 0.833. The van der Waals surface area contributed by atoms with Crippen LogP contribution in [-0.2, 0) is 9.53 Å². The quantitative estimate of drug-likeness (QED) is 0.700. The number of aliphatic hydroxyl groups is 1. The topological polar surface area (TPSA) is 87.7 Å². The molecule has 6 nitrogen and oxygen atoms in total. The largest absolute Gasteiger partial charge is 0.444 e. The predicted octanol–water partition coefficient (Wildman–Crippen LogP) is 0.787. The maximum Gasteiger partial charge on any atom is 0.408 e. The number of amides is 2. The molecule has 0 saturated heterocycles. The summed E-state index contributed by atoms with van der Waals surface area (Å²) in [5.74, 6) is -0.448. The summed E-state index contributed by atoms with van der Waals surface area (Å²) in [6, 6.07) is -1.01. The van der Waals surface area contributed by atoms with E-state index in [0.717, 1.165) is 0 Å². The summed E-state index contributed by atoms with van der Waals surface area (Å²) in [7, 11) is 0. The second-order valence-corrected chi connectivity index (χ2v) is 6.12.